The van der Waals surface area contributed by atoms with Crippen LogP contribution in [0.25, 0.3) is 0 Å². The topological polar surface area (TPSA) is 77.4 Å². The van der Waals surface area contributed by atoms with Crippen LogP contribution in [0.4, 0.5) is 8.78 Å². The molecule has 2 N–H and O–H groups in total. The first-order valence-corrected chi connectivity index (χ1v) is 5.58. The van der Waals surface area contributed by atoms with Gasteiger partial charge < -0.3 is 5.32 Å². The van der Waals surface area contributed by atoms with Crippen LogP contribution in [0.1, 0.15) is 29.9 Å². The fourth-order valence-electron chi connectivity index (χ4n) is 1.61. The molecule has 0 saturated heterocycles. The van der Waals surface area contributed by atoms with Gasteiger partial charge in [-0.05, 0) is 19.1 Å². The van der Waals surface area contributed by atoms with Gasteiger partial charge in [-0.25, -0.2) is 13.8 Å². The summed E-state index contributed by atoms with van der Waals surface area (Å²) in [4.78, 5) is 3.94. The lowest BCUT2D eigenvalue weighted by Gasteiger charge is -2.12. The van der Waals surface area contributed by atoms with Crippen molar-refractivity contribution in [2.45, 2.75) is 19.5 Å². The third-order valence-corrected chi connectivity index (χ3v) is 2.70. The third-order valence-electron chi connectivity index (χ3n) is 2.70. The molecule has 0 aliphatic rings. The van der Waals surface area contributed by atoms with Crippen LogP contribution >= 0.6 is 0 Å². The van der Waals surface area contributed by atoms with E-state index in [1.807, 2.05) is 0 Å². The number of nitriles is 1. The maximum atomic E-state index is 13.6. The maximum Gasteiger partial charge on any atom is 0.141 e. The minimum Gasteiger partial charge on any atom is -0.303 e. The summed E-state index contributed by atoms with van der Waals surface area (Å²) in [5, 5.41) is 17.9. The second kappa shape index (κ2) is 5.54. The van der Waals surface area contributed by atoms with Crippen LogP contribution in [-0.2, 0) is 6.54 Å². The minimum absolute atomic E-state index is 0.00869. The number of benzene rings is 1. The lowest BCUT2D eigenvalue weighted by atomic mass is 10.1. The van der Waals surface area contributed by atoms with E-state index in [0.717, 1.165) is 12.1 Å². The lowest BCUT2D eigenvalue weighted by molar-refractivity contribution is 0.498. The Labute approximate surface area is 108 Å². The molecular formula is C12H11F2N5. The zero-order valence-corrected chi connectivity index (χ0v) is 10.1. The van der Waals surface area contributed by atoms with E-state index in [1.165, 1.54) is 6.33 Å². The predicted octanol–water partition coefficient (Wildman–Crippen LogP) is 1.81. The van der Waals surface area contributed by atoms with Crippen LogP contribution in [0.15, 0.2) is 18.5 Å². The van der Waals surface area contributed by atoms with Gasteiger partial charge in [-0.15, -0.1) is 0 Å². The number of halogens is 2. The minimum atomic E-state index is -0.742. The SMILES string of the molecule is CC(NCc1c(F)cc(C#N)cc1F)c1ncn[nH]1. The van der Waals surface area contributed by atoms with E-state index >= 15 is 0 Å². The molecule has 0 radical (unpaired) electrons. The number of aromatic nitrogens is 3. The molecule has 2 aromatic rings. The molecule has 19 heavy (non-hydrogen) atoms. The summed E-state index contributed by atoms with van der Waals surface area (Å²) in [6.07, 6.45) is 1.36. The van der Waals surface area contributed by atoms with Crippen molar-refractivity contribution in [3.8, 4) is 6.07 Å². The average Bonchev–Trinajstić information content (AvgIpc) is 2.91. The molecule has 5 nitrogen and oxygen atoms in total. The van der Waals surface area contributed by atoms with Crippen LogP contribution in [0.5, 0.6) is 0 Å². The van der Waals surface area contributed by atoms with Gasteiger partial charge in [-0.2, -0.15) is 10.4 Å². The highest BCUT2D eigenvalue weighted by atomic mass is 19.1. The van der Waals surface area contributed by atoms with Crippen molar-refractivity contribution in [3.05, 3.63) is 47.0 Å². The first kappa shape index (κ1) is 13.1. The smallest absolute Gasteiger partial charge is 0.141 e. The zero-order chi connectivity index (χ0) is 13.8. The van der Waals surface area contributed by atoms with Crippen LogP contribution in [0.3, 0.4) is 0 Å². The molecule has 0 aliphatic heterocycles. The van der Waals surface area contributed by atoms with Crippen LogP contribution in [-0.4, -0.2) is 15.2 Å². The van der Waals surface area contributed by atoms with Crippen LogP contribution < -0.4 is 5.32 Å². The van der Waals surface area contributed by atoms with Crippen molar-refractivity contribution in [1.82, 2.24) is 20.5 Å². The monoisotopic (exact) mass is 263 g/mol. The summed E-state index contributed by atoms with van der Waals surface area (Å²) >= 11 is 0. The van der Waals surface area contributed by atoms with Crippen molar-refractivity contribution in [3.63, 3.8) is 0 Å². The molecule has 98 valence electrons. The summed E-state index contributed by atoms with van der Waals surface area (Å²) in [7, 11) is 0. The Balaban J connectivity index is 2.10. The standard InChI is InChI=1S/C12H11F2N5/c1-7(12-17-6-18-19-12)16-5-9-10(13)2-8(4-15)3-11(9)14/h2-3,6-7,16H,5H2,1H3,(H,17,18,19). The first-order valence-electron chi connectivity index (χ1n) is 5.58. The largest absolute Gasteiger partial charge is 0.303 e. The Morgan fingerprint density at radius 2 is 2.11 bits per heavy atom. The van der Waals surface area contributed by atoms with Gasteiger partial charge in [0.2, 0.25) is 0 Å². The number of aromatic amines is 1. The van der Waals surface area contributed by atoms with Crippen LogP contribution in [0.2, 0.25) is 0 Å². The van der Waals surface area contributed by atoms with Gasteiger partial charge in [0.25, 0.3) is 0 Å². The van der Waals surface area contributed by atoms with Crippen LogP contribution in [0, 0.1) is 23.0 Å². The molecule has 7 heteroatoms. The second-order valence-electron chi connectivity index (χ2n) is 4.00. The molecule has 2 rings (SSSR count). The summed E-state index contributed by atoms with van der Waals surface area (Å²) < 4.78 is 27.2. The quantitative estimate of drug-likeness (QED) is 0.881. The Bertz CT molecular complexity index is 580. The number of hydrogen-bond donors (Lipinski definition) is 2. The molecule has 0 bridgehead atoms. The second-order valence-corrected chi connectivity index (χ2v) is 4.00. The molecule has 0 fully saturated rings. The molecule has 1 unspecified atom stereocenters. The molecular weight excluding hydrogens is 252 g/mol. The summed E-state index contributed by atoms with van der Waals surface area (Å²) in [5.74, 6) is -0.905. The maximum absolute atomic E-state index is 13.6. The Morgan fingerprint density at radius 3 is 2.63 bits per heavy atom. The van der Waals surface area contributed by atoms with Gasteiger partial charge in [0, 0.05) is 12.1 Å². The van der Waals surface area contributed by atoms with Crippen molar-refractivity contribution in [2.75, 3.05) is 0 Å². The normalized spacial score (nSPS) is 12.1. The number of nitrogens with zero attached hydrogens (tertiary/aromatic N) is 3. The molecule has 1 aromatic carbocycles. The zero-order valence-electron chi connectivity index (χ0n) is 10.1. The highest BCUT2D eigenvalue weighted by Crippen LogP contribution is 2.16. The highest BCUT2D eigenvalue weighted by molar-refractivity contribution is 5.34. The third kappa shape index (κ3) is 2.92. The van der Waals surface area contributed by atoms with Crippen molar-refractivity contribution >= 4 is 0 Å². The van der Waals surface area contributed by atoms with E-state index in [2.05, 4.69) is 20.5 Å². The predicted molar refractivity (Wildman–Crippen MR) is 62.7 cm³/mol. The number of hydrogen-bond acceptors (Lipinski definition) is 4. The van der Waals surface area contributed by atoms with E-state index < -0.39 is 11.6 Å². The molecule has 1 heterocycles. The van der Waals surface area contributed by atoms with Gasteiger partial charge in [-0.1, -0.05) is 0 Å². The van der Waals surface area contributed by atoms with Gasteiger partial charge >= 0.3 is 0 Å². The van der Waals surface area contributed by atoms with Gasteiger partial charge in [0.15, 0.2) is 0 Å². The van der Waals surface area contributed by atoms with Crippen molar-refractivity contribution in [1.29, 1.82) is 5.26 Å². The van der Waals surface area contributed by atoms with E-state index in [-0.39, 0.29) is 23.7 Å². The molecule has 0 spiro atoms. The molecule has 1 atom stereocenters. The summed E-state index contributed by atoms with van der Waals surface area (Å²) in [6.45, 7) is 1.78. The van der Waals surface area contributed by atoms with Gasteiger partial charge in [0.1, 0.15) is 23.8 Å². The molecule has 0 amide bonds. The fourth-order valence-corrected chi connectivity index (χ4v) is 1.61. The summed E-state index contributed by atoms with van der Waals surface area (Å²) in [5.41, 5.74) is -0.146. The molecule has 1 aromatic heterocycles. The number of H-pyrrole nitrogens is 1. The lowest BCUT2D eigenvalue weighted by Crippen LogP contribution is -2.20. The average molecular weight is 263 g/mol. The highest BCUT2D eigenvalue weighted by Gasteiger charge is 2.14. The molecule has 0 aliphatic carbocycles. The number of nitrogens with one attached hydrogen (secondary N) is 2. The van der Waals surface area contributed by atoms with E-state index in [1.54, 1.807) is 13.0 Å². The van der Waals surface area contributed by atoms with E-state index in [4.69, 9.17) is 5.26 Å². The Kier molecular flexibility index (Phi) is 3.82. The Morgan fingerprint density at radius 1 is 1.42 bits per heavy atom. The van der Waals surface area contributed by atoms with Crippen molar-refractivity contribution in [2.24, 2.45) is 0 Å². The fraction of sp³-hybridized carbons (Fsp3) is 0.250. The van der Waals surface area contributed by atoms with Gasteiger partial charge in [0.05, 0.1) is 17.7 Å². The molecule has 0 saturated carbocycles. The van der Waals surface area contributed by atoms with Crippen molar-refractivity contribution < 1.29 is 8.78 Å². The first-order chi connectivity index (χ1) is 9.11. The number of rotatable bonds is 4. The summed E-state index contributed by atoms with van der Waals surface area (Å²) in [6, 6.07) is 3.50. The van der Waals surface area contributed by atoms with E-state index in [0.29, 0.717) is 5.82 Å². The van der Waals surface area contributed by atoms with Gasteiger partial charge in [-0.3, -0.25) is 5.10 Å². The Hall–Kier alpha value is -2.33. The van der Waals surface area contributed by atoms with E-state index in [9.17, 15) is 8.78 Å².